The van der Waals surface area contributed by atoms with Crippen LogP contribution in [0.4, 0.5) is 0 Å². The van der Waals surface area contributed by atoms with Crippen LogP contribution in [0.25, 0.3) is 0 Å². The average Bonchev–Trinajstić information content (AvgIpc) is 2.41. The first kappa shape index (κ1) is 12.8. The number of hydrogen-bond acceptors (Lipinski definition) is 2. The number of aryl methyl sites for hydroxylation is 1. The predicted molar refractivity (Wildman–Crippen MR) is 66.0 cm³/mol. The molecule has 0 bridgehead atoms. The van der Waals surface area contributed by atoms with Crippen LogP contribution in [0.15, 0.2) is 24.5 Å². The van der Waals surface area contributed by atoms with E-state index in [0.717, 1.165) is 9.80 Å². The topological polar surface area (TPSA) is 53.1 Å². The normalized spacial score (nSPS) is 21.6. The minimum absolute atomic E-state index is 0.186. The van der Waals surface area contributed by atoms with Gasteiger partial charge < -0.3 is 5.21 Å². The third kappa shape index (κ3) is 1.50. The predicted octanol–water partition coefficient (Wildman–Crippen LogP) is 0.986. The molecule has 1 aromatic heterocycles. The van der Waals surface area contributed by atoms with Crippen molar-refractivity contribution in [3.63, 3.8) is 0 Å². The monoisotopic (exact) mass is 249 g/mol. The highest BCUT2D eigenvalue weighted by Gasteiger charge is 2.59. The summed E-state index contributed by atoms with van der Waals surface area (Å²) in [7, 11) is 1.89. The molecule has 97 valence electrons. The number of rotatable bonds is 1. The van der Waals surface area contributed by atoms with Crippen molar-refractivity contribution in [1.29, 1.82) is 0 Å². The quantitative estimate of drug-likeness (QED) is 0.550. The highest BCUT2D eigenvalue weighted by molar-refractivity contribution is 5.95. The van der Waals surface area contributed by atoms with Crippen LogP contribution in [0.5, 0.6) is 0 Å². The van der Waals surface area contributed by atoms with Crippen LogP contribution in [0.2, 0.25) is 0 Å². The zero-order chi connectivity index (χ0) is 13.7. The minimum Gasteiger partial charge on any atom is -0.714 e. The molecule has 0 saturated heterocycles. The molecule has 1 radical (unpaired) electrons. The summed E-state index contributed by atoms with van der Waals surface area (Å²) in [6, 6.07) is 3.56. The van der Waals surface area contributed by atoms with Crippen molar-refractivity contribution >= 4 is 5.84 Å². The van der Waals surface area contributed by atoms with E-state index in [-0.39, 0.29) is 5.84 Å². The van der Waals surface area contributed by atoms with E-state index in [2.05, 4.69) is 0 Å². The summed E-state index contributed by atoms with van der Waals surface area (Å²) in [6.45, 7) is 7.17. The van der Waals surface area contributed by atoms with E-state index in [1.165, 1.54) is 0 Å². The second-order valence-corrected chi connectivity index (χ2v) is 5.78. The maximum absolute atomic E-state index is 12.4. The molecule has 0 atom stereocenters. The highest BCUT2D eigenvalue weighted by Crippen LogP contribution is 2.37. The Labute approximate surface area is 107 Å². The van der Waals surface area contributed by atoms with Gasteiger partial charge in [-0.15, -0.1) is 0 Å². The molecular formula is C13H19N3O2+. The summed E-state index contributed by atoms with van der Waals surface area (Å²) in [5.41, 5.74) is -0.874. The lowest BCUT2D eigenvalue weighted by Crippen LogP contribution is -2.53. The van der Waals surface area contributed by atoms with Crippen LogP contribution in [-0.4, -0.2) is 26.7 Å². The van der Waals surface area contributed by atoms with Crippen molar-refractivity contribution in [3.05, 3.63) is 35.3 Å². The average molecular weight is 249 g/mol. The van der Waals surface area contributed by atoms with Gasteiger partial charge in [-0.3, -0.25) is 4.74 Å². The highest BCUT2D eigenvalue weighted by atomic mass is 16.5. The number of hydroxylamine groups is 3. The van der Waals surface area contributed by atoms with E-state index in [1.54, 1.807) is 39.8 Å². The van der Waals surface area contributed by atoms with Crippen LogP contribution in [0.3, 0.4) is 0 Å². The lowest BCUT2D eigenvalue weighted by atomic mass is 9.84. The number of amidine groups is 1. The lowest BCUT2D eigenvalue weighted by Gasteiger charge is -2.32. The molecule has 0 saturated carbocycles. The van der Waals surface area contributed by atoms with Gasteiger partial charge in [0.25, 0.3) is 0 Å². The van der Waals surface area contributed by atoms with Crippen LogP contribution < -0.4 is 4.57 Å². The van der Waals surface area contributed by atoms with E-state index < -0.39 is 11.1 Å². The van der Waals surface area contributed by atoms with Crippen molar-refractivity contribution in [2.24, 2.45) is 7.05 Å². The van der Waals surface area contributed by atoms with Gasteiger partial charge in [0.1, 0.15) is 12.6 Å². The molecule has 2 heterocycles. The van der Waals surface area contributed by atoms with Gasteiger partial charge in [0.15, 0.2) is 17.9 Å². The third-order valence-corrected chi connectivity index (χ3v) is 4.13. The van der Waals surface area contributed by atoms with Gasteiger partial charge in [0.2, 0.25) is 0 Å². The van der Waals surface area contributed by atoms with Crippen molar-refractivity contribution in [3.8, 4) is 0 Å². The fourth-order valence-electron chi connectivity index (χ4n) is 1.99. The fourth-order valence-corrected chi connectivity index (χ4v) is 1.99. The summed E-state index contributed by atoms with van der Waals surface area (Å²) in [5, 5.41) is 25.6. The Balaban J connectivity index is 2.57. The van der Waals surface area contributed by atoms with Gasteiger partial charge in [-0.05, 0) is 27.7 Å². The molecule has 1 aliphatic heterocycles. The summed E-state index contributed by atoms with van der Waals surface area (Å²) in [4.78, 5) is 0. The zero-order valence-electron chi connectivity index (χ0n) is 11.5. The molecule has 1 aromatic rings. The third-order valence-electron chi connectivity index (χ3n) is 4.13. The molecule has 0 amide bonds. The summed E-state index contributed by atoms with van der Waals surface area (Å²) >= 11 is 0. The van der Waals surface area contributed by atoms with Crippen molar-refractivity contribution < 1.29 is 14.5 Å². The molecule has 1 aliphatic rings. The smallest absolute Gasteiger partial charge is 0.317 e. The second-order valence-electron chi connectivity index (χ2n) is 5.78. The molecule has 5 heteroatoms. The lowest BCUT2D eigenvalue weighted by molar-refractivity contribution is -0.671. The molecule has 18 heavy (non-hydrogen) atoms. The largest absolute Gasteiger partial charge is 0.714 e. The number of nitrogens with zero attached hydrogens (tertiary/aromatic N) is 3. The van der Waals surface area contributed by atoms with E-state index in [9.17, 15) is 10.4 Å². The van der Waals surface area contributed by atoms with E-state index in [0.29, 0.717) is 5.56 Å². The zero-order valence-corrected chi connectivity index (χ0v) is 11.5. The van der Waals surface area contributed by atoms with Crippen molar-refractivity contribution in [2.45, 2.75) is 38.8 Å². The number of aromatic nitrogens is 1. The Hall–Kier alpha value is -1.62. The van der Waals surface area contributed by atoms with Gasteiger partial charge in [-0.25, -0.2) is 4.57 Å². The Morgan fingerprint density at radius 1 is 1.17 bits per heavy atom. The van der Waals surface area contributed by atoms with E-state index in [1.807, 2.05) is 24.0 Å². The second kappa shape index (κ2) is 3.68. The fraction of sp³-hybridized carbons (Fsp3) is 0.538. The van der Waals surface area contributed by atoms with E-state index in [4.69, 9.17) is 0 Å². The Bertz CT molecular complexity index is 503. The minimum atomic E-state index is -0.762. The first-order valence-electron chi connectivity index (χ1n) is 5.97. The van der Waals surface area contributed by atoms with Crippen LogP contribution in [0.1, 0.15) is 33.3 Å². The van der Waals surface area contributed by atoms with E-state index >= 15 is 0 Å². The SMILES string of the molecule is C[n+]1ccc(C2=[N+]([O-])C(C)(C)C(C)(C)N2[O])cc1. The van der Waals surface area contributed by atoms with Crippen molar-refractivity contribution in [1.82, 2.24) is 5.06 Å². The molecular weight excluding hydrogens is 230 g/mol. The van der Waals surface area contributed by atoms with Gasteiger partial charge in [0.05, 0.1) is 5.56 Å². The first-order chi connectivity index (χ1) is 8.19. The molecule has 5 nitrogen and oxygen atoms in total. The molecule has 0 aromatic carbocycles. The Morgan fingerprint density at radius 3 is 2.06 bits per heavy atom. The molecule has 0 N–H and O–H groups in total. The summed E-state index contributed by atoms with van der Waals surface area (Å²) < 4.78 is 2.69. The maximum atomic E-state index is 12.4. The van der Waals surface area contributed by atoms with Gasteiger partial charge in [0, 0.05) is 17.3 Å². The standard InChI is InChI=1S/C13H19N3O2/c1-12(2)13(3,4)16(18)11(15(12)17)10-6-8-14(5)9-7-10/h6-9H,1-5H3/q+1. The van der Waals surface area contributed by atoms with Crippen LogP contribution >= 0.6 is 0 Å². The summed E-state index contributed by atoms with van der Waals surface area (Å²) in [6.07, 6.45) is 3.64. The molecule has 0 aliphatic carbocycles. The van der Waals surface area contributed by atoms with Crippen LogP contribution in [0, 0.1) is 5.21 Å². The van der Waals surface area contributed by atoms with Crippen LogP contribution in [-0.2, 0) is 12.3 Å². The molecule has 0 fully saturated rings. The first-order valence-corrected chi connectivity index (χ1v) is 5.97. The van der Waals surface area contributed by atoms with Gasteiger partial charge in [-0.1, -0.05) is 5.06 Å². The Kier molecular flexibility index (Phi) is 2.63. The summed E-state index contributed by atoms with van der Waals surface area (Å²) in [5.74, 6) is 0.186. The van der Waals surface area contributed by atoms with Gasteiger partial charge in [-0.2, -0.15) is 0 Å². The van der Waals surface area contributed by atoms with Gasteiger partial charge >= 0.3 is 5.84 Å². The molecule has 0 unspecified atom stereocenters. The number of hydrogen-bond donors (Lipinski definition) is 0. The Morgan fingerprint density at radius 2 is 1.67 bits per heavy atom. The number of pyridine rings is 1. The molecule has 0 spiro atoms. The van der Waals surface area contributed by atoms with Crippen molar-refractivity contribution in [2.75, 3.05) is 0 Å². The molecule has 2 rings (SSSR count). The maximum Gasteiger partial charge on any atom is 0.317 e.